The summed E-state index contributed by atoms with van der Waals surface area (Å²) < 4.78 is 9.55. The van der Waals surface area contributed by atoms with E-state index in [1.165, 1.54) is 19.3 Å². The van der Waals surface area contributed by atoms with Crippen LogP contribution in [0.1, 0.15) is 65.7 Å². The molecule has 0 aromatic carbocycles. The summed E-state index contributed by atoms with van der Waals surface area (Å²) in [6.45, 7) is 5.61. The van der Waals surface area contributed by atoms with Gasteiger partial charge < -0.3 is 14.6 Å². The molecule has 0 saturated carbocycles. The van der Waals surface area contributed by atoms with Crippen molar-refractivity contribution < 1.29 is 24.2 Å². The highest BCUT2D eigenvalue weighted by Crippen LogP contribution is 2.17. The van der Waals surface area contributed by atoms with Crippen molar-refractivity contribution in [1.82, 2.24) is 0 Å². The van der Waals surface area contributed by atoms with E-state index in [1.807, 2.05) is 6.08 Å². The molecule has 0 heterocycles. The SMILES string of the molecule is CCCCCCC/C=C/CC(O)(C(=O)OCC)C(=O)OCC. The van der Waals surface area contributed by atoms with Crippen molar-refractivity contribution in [2.45, 2.75) is 71.3 Å². The van der Waals surface area contributed by atoms with Gasteiger partial charge in [0, 0.05) is 6.42 Å². The lowest BCUT2D eigenvalue weighted by atomic mass is 9.99. The molecule has 0 aromatic heterocycles. The van der Waals surface area contributed by atoms with E-state index in [9.17, 15) is 14.7 Å². The Balaban J connectivity index is 4.40. The predicted molar refractivity (Wildman–Crippen MR) is 85.3 cm³/mol. The maximum Gasteiger partial charge on any atom is 0.350 e. The normalized spacial score (nSPS) is 11.6. The molecule has 0 aliphatic rings. The number of carbonyl (C=O) groups excluding carboxylic acids is 2. The molecule has 0 aliphatic heterocycles. The van der Waals surface area contributed by atoms with Crippen LogP contribution in [0.5, 0.6) is 0 Å². The highest BCUT2D eigenvalue weighted by molar-refractivity contribution is 6.03. The topological polar surface area (TPSA) is 72.8 Å². The molecule has 0 spiro atoms. The molecule has 22 heavy (non-hydrogen) atoms. The van der Waals surface area contributed by atoms with Crippen LogP contribution in [0, 0.1) is 0 Å². The highest BCUT2D eigenvalue weighted by atomic mass is 16.6. The van der Waals surface area contributed by atoms with Gasteiger partial charge in [-0.2, -0.15) is 0 Å². The number of allylic oxidation sites excluding steroid dienone is 1. The third-order valence-electron chi connectivity index (χ3n) is 3.28. The minimum atomic E-state index is -2.25. The molecule has 0 amide bonds. The summed E-state index contributed by atoms with van der Waals surface area (Å²) in [5, 5.41) is 10.3. The molecule has 1 N–H and O–H groups in total. The minimum Gasteiger partial charge on any atom is -0.463 e. The van der Waals surface area contributed by atoms with Crippen molar-refractivity contribution in [1.29, 1.82) is 0 Å². The number of esters is 2. The van der Waals surface area contributed by atoms with E-state index in [0.29, 0.717) is 0 Å². The number of carbonyl (C=O) groups is 2. The summed E-state index contributed by atoms with van der Waals surface area (Å²) in [4.78, 5) is 23.6. The van der Waals surface area contributed by atoms with Gasteiger partial charge >= 0.3 is 11.9 Å². The van der Waals surface area contributed by atoms with Gasteiger partial charge in [0.25, 0.3) is 5.60 Å². The van der Waals surface area contributed by atoms with Crippen molar-refractivity contribution in [3.63, 3.8) is 0 Å². The van der Waals surface area contributed by atoms with Crippen LogP contribution in [-0.4, -0.2) is 35.9 Å². The molecule has 0 aliphatic carbocycles. The summed E-state index contributed by atoms with van der Waals surface area (Å²) in [6, 6.07) is 0. The Bertz CT molecular complexity index is 331. The summed E-state index contributed by atoms with van der Waals surface area (Å²) in [6.07, 6.45) is 10.2. The minimum absolute atomic E-state index is 0.0989. The van der Waals surface area contributed by atoms with Crippen LogP contribution < -0.4 is 0 Å². The number of unbranched alkanes of at least 4 members (excludes halogenated alkanes) is 5. The van der Waals surface area contributed by atoms with Gasteiger partial charge in [0.05, 0.1) is 13.2 Å². The molecule has 0 aromatic rings. The summed E-state index contributed by atoms with van der Waals surface area (Å²) in [7, 11) is 0. The summed E-state index contributed by atoms with van der Waals surface area (Å²) in [5.74, 6) is -1.91. The fourth-order valence-electron chi connectivity index (χ4n) is 1.99. The highest BCUT2D eigenvalue weighted by Gasteiger charge is 2.46. The molecule has 5 heteroatoms. The van der Waals surface area contributed by atoms with E-state index in [-0.39, 0.29) is 19.6 Å². The Morgan fingerprint density at radius 3 is 1.95 bits per heavy atom. The van der Waals surface area contributed by atoms with Gasteiger partial charge in [0.2, 0.25) is 0 Å². The zero-order valence-electron chi connectivity index (χ0n) is 14.1. The molecule has 0 atom stereocenters. The Kier molecular flexibility index (Phi) is 11.5. The third-order valence-corrected chi connectivity index (χ3v) is 3.28. The van der Waals surface area contributed by atoms with E-state index in [2.05, 4.69) is 6.92 Å². The van der Waals surface area contributed by atoms with Crippen LogP contribution >= 0.6 is 0 Å². The standard InChI is InChI=1S/C17H30O5/c1-4-7-8-9-10-11-12-13-14-17(20,15(18)21-5-2)16(19)22-6-3/h12-13,20H,4-11,14H2,1-3H3/b13-12+. The van der Waals surface area contributed by atoms with Crippen LogP contribution in [0.25, 0.3) is 0 Å². The van der Waals surface area contributed by atoms with E-state index < -0.39 is 17.5 Å². The molecular formula is C17H30O5. The molecule has 0 bridgehead atoms. The Labute approximate surface area is 133 Å². The number of hydrogen-bond acceptors (Lipinski definition) is 5. The number of rotatable bonds is 12. The molecule has 128 valence electrons. The van der Waals surface area contributed by atoms with Crippen molar-refractivity contribution in [3.8, 4) is 0 Å². The molecule has 0 unspecified atom stereocenters. The monoisotopic (exact) mass is 314 g/mol. The maximum absolute atomic E-state index is 11.8. The zero-order valence-corrected chi connectivity index (χ0v) is 14.1. The number of aliphatic hydroxyl groups is 1. The van der Waals surface area contributed by atoms with Crippen LogP contribution in [0.15, 0.2) is 12.2 Å². The number of hydrogen-bond donors (Lipinski definition) is 1. The smallest absolute Gasteiger partial charge is 0.350 e. The second-order valence-electron chi connectivity index (χ2n) is 5.18. The second kappa shape index (κ2) is 12.2. The van der Waals surface area contributed by atoms with Crippen molar-refractivity contribution >= 4 is 11.9 Å². The first-order chi connectivity index (χ1) is 10.5. The fourth-order valence-corrected chi connectivity index (χ4v) is 1.99. The van der Waals surface area contributed by atoms with Gasteiger partial charge in [-0.15, -0.1) is 0 Å². The average Bonchev–Trinajstić information content (AvgIpc) is 2.50. The largest absolute Gasteiger partial charge is 0.463 e. The van der Waals surface area contributed by atoms with Crippen molar-refractivity contribution in [2.24, 2.45) is 0 Å². The second-order valence-corrected chi connectivity index (χ2v) is 5.18. The van der Waals surface area contributed by atoms with Crippen LogP contribution in [-0.2, 0) is 19.1 Å². The third kappa shape index (κ3) is 7.59. The molecule has 0 rings (SSSR count). The van der Waals surface area contributed by atoms with E-state index in [1.54, 1.807) is 19.9 Å². The number of ether oxygens (including phenoxy) is 2. The van der Waals surface area contributed by atoms with Gasteiger partial charge in [-0.3, -0.25) is 0 Å². The van der Waals surface area contributed by atoms with Gasteiger partial charge in [-0.1, -0.05) is 44.8 Å². The molecule has 0 fully saturated rings. The Hall–Kier alpha value is -1.36. The maximum atomic E-state index is 11.8. The van der Waals surface area contributed by atoms with Crippen LogP contribution in [0.4, 0.5) is 0 Å². The molecule has 5 nitrogen and oxygen atoms in total. The lowest BCUT2D eigenvalue weighted by Crippen LogP contribution is -2.48. The van der Waals surface area contributed by atoms with Crippen molar-refractivity contribution in [3.05, 3.63) is 12.2 Å². The van der Waals surface area contributed by atoms with Crippen LogP contribution in [0.3, 0.4) is 0 Å². The van der Waals surface area contributed by atoms with Gasteiger partial charge in [-0.05, 0) is 26.7 Å². The molecular weight excluding hydrogens is 284 g/mol. The Morgan fingerprint density at radius 1 is 0.909 bits per heavy atom. The first-order valence-corrected chi connectivity index (χ1v) is 8.24. The molecule has 0 saturated heterocycles. The summed E-state index contributed by atoms with van der Waals surface area (Å²) >= 11 is 0. The first-order valence-electron chi connectivity index (χ1n) is 8.24. The van der Waals surface area contributed by atoms with E-state index in [4.69, 9.17) is 9.47 Å². The molecule has 0 radical (unpaired) electrons. The first kappa shape index (κ1) is 20.6. The van der Waals surface area contributed by atoms with Gasteiger partial charge in [0.1, 0.15) is 0 Å². The lowest BCUT2D eigenvalue weighted by Gasteiger charge is -2.22. The van der Waals surface area contributed by atoms with Crippen molar-refractivity contribution in [2.75, 3.05) is 13.2 Å². The van der Waals surface area contributed by atoms with E-state index >= 15 is 0 Å². The summed E-state index contributed by atoms with van der Waals surface area (Å²) in [5.41, 5.74) is -2.25. The average molecular weight is 314 g/mol. The zero-order chi connectivity index (χ0) is 16.8. The Morgan fingerprint density at radius 2 is 1.45 bits per heavy atom. The predicted octanol–water partition coefficient (Wildman–Crippen LogP) is 3.15. The van der Waals surface area contributed by atoms with Crippen LogP contribution in [0.2, 0.25) is 0 Å². The van der Waals surface area contributed by atoms with Gasteiger partial charge in [0.15, 0.2) is 0 Å². The quantitative estimate of drug-likeness (QED) is 0.259. The van der Waals surface area contributed by atoms with E-state index in [0.717, 1.165) is 19.3 Å². The fraction of sp³-hybridized carbons (Fsp3) is 0.765. The van der Waals surface area contributed by atoms with Gasteiger partial charge in [-0.25, -0.2) is 9.59 Å². The lowest BCUT2D eigenvalue weighted by molar-refractivity contribution is -0.182.